The summed E-state index contributed by atoms with van der Waals surface area (Å²) >= 11 is 0. The van der Waals surface area contributed by atoms with Crippen molar-refractivity contribution in [2.45, 2.75) is 13.3 Å². The van der Waals surface area contributed by atoms with E-state index in [0.717, 1.165) is 17.5 Å². The van der Waals surface area contributed by atoms with E-state index >= 15 is 0 Å². The van der Waals surface area contributed by atoms with E-state index in [9.17, 15) is 0 Å². The van der Waals surface area contributed by atoms with E-state index in [1.165, 1.54) is 6.21 Å². The lowest BCUT2D eigenvalue weighted by Gasteiger charge is -2.08. The highest BCUT2D eigenvalue weighted by atomic mass is 14.6. The van der Waals surface area contributed by atoms with Gasteiger partial charge in [-0.25, -0.2) is 0 Å². The molecule has 0 aliphatic carbocycles. The third-order valence-corrected chi connectivity index (χ3v) is 1.92. The molecule has 3 nitrogen and oxygen atoms in total. The quantitative estimate of drug-likeness (QED) is 0.455. The summed E-state index contributed by atoms with van der Waals surface area (Å²) in [6.07, 6.45) is 2.06. The van der Waals surface area contributed by atoms with Gasteiger partial charge in [0.05, 0.1) is 0 Å². The molecule has 0 heterocycles. The van der Waals surface area contributed by atoms with Gasteiger partial charge >= 0.3 is 0 Å². The Labute approximate surface area is 71.9 Å². The van der Waals surface area contributed by atoms with E-state index in [1.807, 2.05) is 6.92 Å². The minimum Gasteiger partial charge on any atom is -0.398 e. The lowest BCUT2D eigenvalue weighted by Crippen LogP contribution is -2.02. The van der Waals surface area contributed by atoms with Crippen LogP contribution in [0.2, 0.25) is 0 Å². The van der Waals surface area contributed by atoms with Crippen LogP contribution in [0.5, 0.6) is 0 Å². The van der Waals surface area contributed by atoms with Crippen molar-refractivity contribution in [3.63, 3.8) is 0 Å². The second kappa shape index (κ2) is 3.26. The molecule has 0 aliphatic rings. The molecule has 0 saturated heterocycles. The van der Waals surface area contributed by atoms with E-state index in [4.69, 9.17) is 16.9 Å². The highest BCUT2D eigenvalue weighted by Gasteiger charge is 2.05. The SMILES string of the molecule is CCc1c(N)ccc(N)c1C=N. The zero-order chi connectivity index (χ0) is 9.14. The largest absolute Gasteiger partial charge is 0.398 e. The number of rotatable bonds is 2. The number of benzene rings is 1. The summed E-state index contributed by atoms with van der Waals surface area (Å²) in [5.74, 6) is 0. The van der Waals surface area contributed by atoms with Crippen LogP contribution in [0.3, 0.4) is 0 Å². The Hall–Kier alpha value is -1.51. The first-order valence-electron chi connectivity index (χ1n) is 3.88. The molecule has 1 rings (SSSR count). The van der Waals surface area contributed by atoms with Crippen molar-refractivity contribution in [1.82, 2.24) is 0 Å². The molecule has 0 fully saturated rings. The summed E-state index contributed by atoms with van der Waals surface area (Å²) in [5, 5.41) is 7.16. The van der Waals surface area contributed by atoms with Gasteiger partial charge in [-0.3, -0.25) is 0 Å². The second-order valence-corrected chi connectivity index (χ2v) is 2.63. The van der Waals surface area contributed by atoms with Crippen LogP contribution in [-0.4, -0.2) is 6.21 Å². The van der Waals surface area contributed by atoms with Gasteiger partial charge in [0, 0.05) is 23.2 Å². The van der Waals surface area contributed by atoms with Crippen LogP contribution in [0.1, 0.15) is 18.1 Å². The average molecular weight is 163 g/mol. The van der Waals surface area contributed by atoms with Gasteiger partial charge in [-0.2, -0.15) is 0 Å². The monoisotopic (exact) mass is 163 g/mol. The molecular weight excluding hydrogens is 150 g/mol. The van der Waals surface area contributed by atoms with Gasteiger partial charge in [-0.1, -0.05) is 6.92 Å². The van der Waals surface area contributed by atoms with Crippen molar-refractivity contribution in [1.29, 1.82) is 5.41 Å². The highest BCUT2D eigenvalue weighted by molar-refractivity contribution is 5.89. The Morgan fingerprint density at radius 3 is 2.33 bits per heavy atom. The molecule has 1 aromatic rings. The molecule has 0 unspecified atom stereocenters. The van der Waals surface area contributed by atoms with Gasteiger partial charge in [-0.05, 0) is 24.1 Å². The van der Waals surface area contributed by atoms with E-state index < -0.39 is 0 Å². The fraction of sp³-hybridized carbons (Fsp3) is 0.222. The number of anilines is 2. The predicted octanol–water partition coefficient (Wildman–Crippen LogP) is 1.41. The van der Waals surface area contributed by atoms with Crippen molar-refractivity contribution in [3.8, 4) is 0 Å². The Morgan fingerprint density at radius 2 is 1.92 bits per heavy atom. The Balaban J connectivity index is 3.38. The minimum atomic E-state index is 0.621. The molecule has 0 aliphatic heterocycles. The lowest BCUT2D eigenvalue weighted by molar-refractivity contribution is 1.14. The maximum atomic E-state index is 7.16. The normalized spacial score (nSPS) is 9.75. The van der Waals surface area contributed by atoms with Gasteiger partial charge in [0.1, 0.15) is 0 Å². The summed E-state index contributed by atoms with van der Waals surface area (Å²) in [5.41, 5.74) is 14.4. The second-order valence-electron chi connectivity index (χ2n) is 2.63. The maximum Gasteiger partial charge on any atom is 0.0407 e. The van der Waals surface area contributed by atoms with E-state index in [1.54, 1.807) is 12.1 Å². The van der Waals surface area contributed by atoms with Crippen LogP contribution >= 0.6 is 0 Å². The van der Waals surface area contributed by atoms with Gasteiger partial charge in [-0.15, -0.1) is 0 Å². The summed E-state index contributed by atoms with van der Waals surface area (Å²) in [4.78, 5) is 0. The van der Waals surface area contributed by atoms with Crippen LogP contribution in [-0.2, 0) is 6.42 Å². The van der Waals surface area contributed by atoms with Gasteiger partial charge in [0.15, 0.2) is 0 Å². The Kier molecular flexibility index (Phi) is 2.33. The van der Waals surface area contributed by atoms with Crippen LogP contribution in [0.25, 0.3) is 0 Å². The third kappa shape index (κ3) is 1.25. The summed E-state index contributed by atoms with van der Waals surface area (Å²) < 4.78 is 0. The molecule has 5 N–H and O–H groups in total. The van der Waals surface area contributed by atoms with Crippen molar-refractivity contribution in [2.24, 2.45) is 0 Å². The lowest BCUT2D eigenvalue weighted by atomic mass is 10.0. The molecule has 12 heavy (non-hydrogen) atoms. The molecule has 0 saturated carbocycles. The number of hydrogen-bond acceptors (Lipinski definition) is 3. The van der Waals surface area contributed by atoms with Crippen LogP contribution < -0.4 is 11.5 Å². The van der Waals surface area contributed by atoms with Crippen molar-refractivity contribution in [2.75, 3.05) is 11.5 Å². The first kappa shape index (κ1) is 8.59. The fourth-order valence-electron chi connectivity index (χ4n) is 1.26. The third-order valence-electron chi connectivity index (χ3n) is 1.92. The summed E-state index contributed by atoms with van der Waals surface area (Å²) in [7, 11) is 0. The molecule has 0 spiro atoms. The molecular formula is C9H13N3. The fourth-order valence-corrected chi connectivity index (χ4v) is 1.26. The first-order chi connectivity index (χ1) is 5.70. The topological polar surface area (TPSA) is 75.9 Å². The predicted molar refractivity (Wildman–Crippen MR) is 52.5 cm³/mol. The molecule has 0 amide bonds. The van der Waals surface area contributed by atoms with Gasteiger partial charge in [0.2, 0.25) is 0 Å². The molecule has 1 aromatic carbocycles. The molecule has 64 valence electrons. The van der Waals surface area contributed by atoms with Gasteiger partial charge < -0.3 is 16.9 Å². The first-order valence-corrected chi connectivity index (χ1v) is 3.88. The minimum absolute atomic E-state index is 0.621. The zero-order valence-corrected chi connectivity index (χ0v) is 7.09. The Morgan fingerprint density at radius 1 is 1.33 bits per heavy atom. The molecule has 0 radical (unpaired) electrons. The Bertz CT molecular complexity index is 305. The van der Waals surface area contributed by atoms with Crippen LogP contribution in [0.4, 0.5) is 11.4 Å². The smallest absolute Gasteiger partial charge is 0.0407 e. The van der Waals surface area contributed by atoms with Gasteiger partial charge in [0.25, 0.3) is 0 Å². The van der Waals surface area contributed by atoms with Crippen LogP contribution in [0, 0.1) is 5.41 Å². The van der Waals surface area contributed by atoms with E-state index in [0.29, 0.717) is 11.4 Å². The van der Waals surface area contributed by atoms with Crippen molar-refractivity contribution < 1.29 is 0 Å². The number of nitrogens with one attached hydrogen (secondary N) is 1. The van der Waals surface area contributed by atoms with E-state index in [2.05, 4.69) is 0 Å². The standard InChI is InChI=1S/C9H13N3/c1-2-6-7(5-10)9(12)4-3-8(6)11/h3-5,10H,2,11-12H2,1H3. The molecule has 0 bridgehead atoms. The average Bonchev–Trinajstić information content (AvgIpc) is 2.08. The van der Waals surface area contributed by atoms with E-state index in [-0.39, 0.29) is 0 Å². The zero-order valence-electron chi connectivity index (χ0n) is 7.09. The maximum absolute atomic E-state index is 7.16. The highest BCUT2D eigenvalue weighted by Crippen LogP contribution is 2.21. The summed E-state index contributed by atoms with van der Waals surface area (Å²) in [6, 6.07) is 3.51. The number of nitrogens with two attached hydrogens (primary N) is 2. The van der Waals surface area contributed by atoms with Crippen molar-refractivity contribution in [3.05, 3.63) is 23.3 Å². The summed E-state index contributed by atoms with van der Waals surface area (Å²) in [6.45, 7) is 2.00. The number of hydrogen-bond donors (Lipinski definition) is 3. The molecule has 0 aromatic heterocycles. The van der Waals surface area contributed by atoms with Crippen molar-refractivity contribution >= 4 is 17.6 Å². The molecule has 0 atom stereocenters. The molecule has 3 heteroatoms. The van der Waals surface area contributed by atoms with Crippen LogP contribution in [0.15, 0.2) is 12.1 Å². The number of nitrogen functional groups attached to an aromatic ring is 2.